The molecule has 0 fully saturated rings. The number of benzene rings is 1. The Hall–Kier alpha value is -1.32. The number of rotatable bonds is 5. The maximum absolute atomic E-state index is 3.58. The predicted octanol–water partition coefficient (Wildman–Crippen LogP) is 3.99. The molecule has 0 saturated carbocycles. The molecule has 0 unspecified atom stereocenters. The lowest BCUT2D eigenvalue weighted by molar-refractivity contribution is 0.649. The summed E-state index contributed by atoms with van der Waals surface area (Å²) in [4.78, 5) is 5.38. The summed E-state index contributed by atoms with van der Waals surface area (Å²) in [5.74, 6) is 0. The largest absolute Gasteiger partial charge is 0.370 e. The quantitative estimate of drug-likeness (QED) is 0.840. The zero-order valence-corrected chi connectivity index (χ0v) is 13.6. The molecule has 0 amide bonds. The lowest BCUT2D eigenvalue weighted by Crippen LogP contribution is -2.32. The first kappa shape index (κ1) is 14.6. The standard InChI is InChI=1S/C18H24N2S/c1-15-9-10-17(21-15)14-19-11-13-20-12-5-4-7-16-6-2-3-8-18(16)20/h2-3,6,8-10,19H,4-5,7,11-14H2,1H3. The number of para-hydroxylation sites is 1. The summed E-state index contributed by atoms with van der Waals surface area (Å²) in [6.45, 7) is 6.50. The Kier molecular flexibility index (Phi) is 4.94. The van der Waals surface area contributed by atoms with Crippen molar-refractivity contribution in [3.05, 3.63) is 51.7 Å². The third kappa shape index (κ3) is 3.86. The van der Waals surface area contributed by atoms with Crippen LogP contribution in [0.25, 0.3) is 0 Å². The Morgan fingerprint density at radius 3 is 2.90 bits per heavy atom. The maximum atomic E-state index is 3.58. The van der Waals surface area contributed by atoms with E-state index < -0.39 is 0 Å². The topological polar surface area (TPSA) is 15.3 Å². The first-order valence-corrected chi connectivity index (χ1v) is 8.73. The van der Waals surface area contributed by atoms with Gasteiger partial charge in [0.05, 0.1) is 0 Å². The van der Waals surface area contributed by atoms with Gasteiger partial charge < -0.3 is 10.2 Å². The predicted molar refractivity (Wildman–Crippen MR) is 92.4 cm³/mol. The highest BCUT2D eigenvalue weighted by atomic mass is 32.1. The molecule has 0 saturated heterocycles. The number of nitrogens with one attached hydrogen (secondary N) is 1. The van der Waals surface area contributed by atoms with Gasteiger partial charge in [0.1, 0.15) is 0 Å². The molecule has 1 N–H and O–H groups in total. The van der Waals surface area contributed by atoms with E-state index in [-0.39, 0.29) is 0 Å². The molecule has 0 radical (unpaired) electrons. The third-order valence-electron chi connectivity index (χ3n) is 4.11. The molecule has 3 heteroatoms. The smallest absolute Gasteiger partial charge is 0.0399 e. The third-order valence-corrected chi connectivity index (χ3v) is 5.11. The van der Waals surface area contributed by atoms with Crippen LogP contribution in [-0.4, -0.2) is 19.6 Å². The van der Waals surface area contributed by atoms with Crippen LogP contribution in [0.15, 0.2) is 36.4 Å². The van der Waals surface area contributed by atoms with E-state index in [1.54, 1.807) is 0 Å². The van der Waals surface area contributed by atoms with Crippen molar-refractivity contribution >= 4 is 17.0 Å². The molecule has 1 aromatic heterocycles. The fourth-order valence-corrected chi connectivity index (χ4v) is 3.87. The molecule has 21 heavy (non-hydrogen) atoms. The van der Waals surface area contributed by atoms with Crippen molar-refractivity contribution in [2.75, 3.05) is 24.5 Å². The molecule has 1 aliphatic rings. The maximum Gasteiger partial charge on any atom is 0.0399 e. The lowest BCUT2D eigenvalue weighted by atomic mass is 10.1. The normalized spacial score (nSPS) is 14.8. The molecule has 1 aliphatic heterocycles. The number of anilines is 1. The van der Waals surface area contributed by atoms with E-state index in [2.05, 4.69) is 53.5 Å². The minimum atomic E-state index is 0.994. The van der Waals surface area contributed by atoms with E-state index in [4.69, 9.17) is 0 Å². The van der Waals surface area contributed by atoms with Crippen molar-refractivity contribution in [1.82, 2.24) is 5.32 Å². The molecular weight excluding hydrogens is 276 g/mol. The highest BCUT2D eigenvalue weighted by molar-refractivity contribution is 7.11. The van der Waals surface area contributed by atoms with Crippen LogP contribution in [0.1, 0.15) is 28.2 Å². The van der Waals surface area contributed by atoms with E-state index >= 15 is 0 Å². The zero-order chi connectivity index (χ0) is 14.5. The summed E-state index contributed by atoms with van der Waals surface area (Å²) in [7, 11) is 0. The van der Waals surface area contributed by atoms with Gasteiger partial charge >= 0.3 is 0 Å². The summed E-state index contributed by atoms with van der Waals surface area (Å²) < 4.78 is 0. The van der Waals surface area contributed by atoms with Crippen LogP contribution >= 0.6 is 11.3 Å². The second kappa shape index (κ2) is 7.10. The van der Waals surface area contributed by atoms with Crippen LogP contribution in [0.3, 0.4) is 0 Å². The fraction of sp³-hybridized carbons (Fsp3) is 0.444. The van der Waals surface area contributed by atoms with E-state index in [0.29, 0.717) is 0 Å². The highest BCUT2D eigenvalue weighted by Gasteiger charge is 2.13. The monoisotopic (exact) mass is 300 g/mol. The van der Waals surface area contributed by atoms with Gasteiger partial charge in [-0.15, -0.1) is 11.3 Å². The average molecular weight is 300 g/mol. The summed E-state index contributed by atoms with van der Waals surface area (Å²) in [5, 5.41) is 3.58. The Morgan fingerprint density at radius 1 is 1.14 bits per heavy atom. The number of hydrogen-bond donors (Lipinski definition) is 1. The van der Waals surface area contributed by atoms with Crippen molar-refractivity contribution in [2.24, 2.45) is 0 Å². The molecule has 2 nitrogen and oxygen atoms in total. The Bertz CT molecular complexity index is 576. The van der Waals surface area contributed by atoms with Crippen LogP contribution in [0.2, 0.25) is 0 Å². The molecule has 1 aromatic carbocycles. The Morgan fingerprint density at radius 2 is 2.05 bits per heavy atom. The first-order valence-electron chi connectivity index (χ1n) is 7.92. The van der Waals surface area contributed by atoms with Crippen molar-refractivity contribution in [3.63, 3.8) is 0 Å². The minimum absolute atomic E-state index is 0.994. The van der Waals surface area contributed by atoms with Gasteiger partial charge in [0, 0.05) is 41.6 Å². The average Bonchev–Trinajstić information content (AvgIpc) is 2.80. The van der Waals surface area contributed by atoms with Crippen molar-refractivity contribution in [2.45, 2.75) is 32.7 Å². The molecule has 0 bridgehead atoms. The molecule has 3 rings (SSSR count). The summed E-state index contributed by atoms with van der Waals surface area (Å²) in [6.07, 6.45) is 3.85. The fourth-order valence-electron chi connectivity index (χ4n) is 3.01. The van der Waals surface area contributed by atoms with Gasteiger partial charge in [0.25, 0.3) is 0 Å². The van der Waals surface area contributed by atoms with E-state index in [0.717, 1.165) is 19.6 Å². The molecular formula is C18H24N2S. The SMILES string of the molecule is Cc1ccc(CNCCN2CCCCc3ccccc32)s1. The van der Waals surface area contributed by atoms with Gasteiger partial charge in [-0.25, -0.2) is 0 Å². The van der Waals surface area contributed by atoms with Crippen LogP contribution in [-0.2, 0) is 13.0 Å². The molecule has 112 valence electrons. The van der Waals surface area contributed by atoms with Crippen LogP contribution in [0.5, 0.6) is 0 Å². The number of nitrogens with zero attached hydrogens (tertiary/aromatic N) is 1. The molecule has 0 atom stereocenters. The first-order chi connectivity index (χ1) is 10.3. The van der Waals surface area contributed by atoms with E-state index in [9.17, 15) is 0 Å². The second-order valence-electron chi connectivity index (χ2n) is 5.76. The van der Waals surface area contributed by atoms with Crippen molar-refractivity contribution in [3.8, 4) is 0 Å². The summed E-state index contributed by atoms with van der Waals surface area (Å²) >= 11 is 1.89. The number of fused-ring (bicyclic) bond motifs is 1. The minimum Gasteiger partial charge on any atom is -0.370 e. The highest BCUT2D eigenvalue weighted by Crippen LogP contribution is 2.25. The Labute approximate surface area is 131 Å². The van der Waals surface area contributed by atoms with E-state index in [1.807, 2.05) is 11.3 Å². The molecule has 2 aromatic rings. The molecule has 0 aliphatic carbocycles. The van der Waals surface area contributed by atoms with Gasteiger partial charge in [0.2, 0.25) is 0 Å². The van der Waals surface area contributed by atoms with Crippen LogP contribution in [0, 0.1) is 6.92 Å². The molecule has 0 spiro atoms. The second-order valence-corrected chi connectivity index (χ2v) is 7.13. The Balaban J connectivity index is 1.53. The van der Waals surface area contributed by atoms with Gasteiger partial charge in [-0.05, 0) is 49.9 Å². The zero-order valence-electron chi connectivity index (χ0n) is 12.8. The van der Waals surface area contributed by atoms with Gasteiger partial charge in [0.15, 0.2) is 0 Å². The van der Waals surface area contributed by atoms with Crippen LogP contribution in [0.4, 0.5) is 5.69 Å². The van der Waals surface area contributed by atoms with Crippen molar-refractivity contribution < 1.29 is 0 Å². The van der Waals surface area contributed by atoms with Gasteiger partial charge in [-0.1, -0.05) is 18.2 Å². The van der Waals surface area contributed by atoms with E-state index in [1.165, 1.54) is 46.8 Å². The summed E-state index contributed by atoms with van der Waals surface area (Å²) in [5.41, 5.74) is 2.97. The lowest BCUT2D eigenvalue weighted by Gasteiger charge is -2.25. The number of aryl methyl sites for hydroxylation is 2. The number of thiophene rings is 1. The number of hydrogen-bond acceptors (Lipinski definition) is 3. The van der Waals surface area contributed by atoms with Gasteiger partial charge in [-0.2, -0.15) is 0 Å². The van der Waals surface area contributed by atoms with Crippen LogP contribution < -0.4 is 10.2 Å². The van der Waals surface area contributed by atoms with Gasteiger partial charge in [-0.3, -0.25) is 0 Å². The molecule has 2 heterocycles. The summed E-state index contributed by atoms with van der Waals surface area (Å²) in [6, 6.07) is 13.3. The van der Waals surface area contributed by atoms with Crippen molar-refractivity contribution in [1.29, 1.82) is 0 Å².